The van der Waals surface area contributed by atoms with Crippen molar-refractivity contribution in [2.45, 2.75) is 0 Å². The molecule has 0 saturated carbocycles. The van der Waals surface area contributed by atoms with Gasteiger partial charge in [-0.05, 0) is 82.4 Å². The van der Waals surface area contributed by atoms with Crippen LogP contribution in [0, 0.1) is 0 Å². The predicted octanol–water partition coefficient (Wildman–Crippen LogP) is 12.6. The van der Waals surface area contributed by atoms with E-state index in [0.29, 0.717) is 0 Å². The van der Waals surface area contributed by atoms with Crippen LogP contribution in [0.5, 0.6) is 0 Å². The first-order valence-corrected chi connectivity index (χ1v) is 16.2. The minimum atomic E-state index is 0.844. The zero-order valence-corrected chi connectivity index (χ0v) is 26.1. The first-order valence-electron chi connectivity index (χ1n) is 16.2. The van der Waals surface area contributed by atoms with Gasteiger partial charge >= 0.3 is 0 Å². The average Bonchev–Trinajstić information content (AvgIpc) is 3.55. The van der Waals surface area contributed by atoms with Gasteiger partial charge in [0.25, 0.3) is 0 Å². The van der Waals surface area contributed by atoms with Crippen molar-refractivity contribution in [1.29, 1.82) is 0 Å². The lowest BCUT2D eigenvalue weighted by Gasteiger charge is -2.28. The lowest BCUT2D eigenvalue weighted by Crippen LogP contribution is -2.11. The third-order valence-electron chi connectivity index (χ3n) is 9.14. The molecule has 0 radical (unpaired) electrons. The SMILES string of the molecule is c1ccc(-c2ccc(-c3ccc(N(c4ccc5c(c4)oc4c6cccnc6ccc54)c4ccccc4-c4ccccc4)cc3)cc2)cc1. The van der Waals surface area contributed by atoms with E-state index in [-0.39, 0.29) is 0 Å². The van der Waals surface area contributed by atoms with Crippen molar-refractivity contribution in [3.05, 3.63) is 182 Å². The van der Waals surface area contributed by atoms with E-state index in [2.05, 4.69) is 180 Å². The molecule has 0 aliphatic rings. The highest BCUT2D eigenvalue weighted by atomic mass is 16.3. The quantitative estimate of drug-likeness (QED) is 0.187. The fourth-order valence-corrected chi connectivity index (χ4v) is 6.76. The van der Waals surface area contributed by atoms with E-state index >= 15 is 0 Å². The predicted molar refractivity (Wildman–Crippen MR) is 200 cm³/mol. The van der Waals surface area contributed by atoms with Crippen LogP contribution < -0.4 is 4.90 Å². The van der Waals surface area contributed by atoms with Crippen LogP contribution in [0.3, 0.4) is 0 Å². The van der Waals surface area contributed by atoms with Gasteiger partial charge in [0, 0.05) is 45.4 Å². The standard InChI is InChI=1S/C45H30N2O/c1-3-10-31(11-4-1)32-17-19-33(20-18-32)34-21-23-36(24-22-34)47(43-16-8-7-14-38(43)35-12-5-2-6-13-35)37-25-26-39-40-27-28-42-41(15-9-29-46-42)45(40)48-44(39)30-37/h1-30H. The Morgan fingerprint density at radius 3 is 1.73 bits per heavy atom. The molecule has 3 heteroatoms. The Bertz CT molecular complexity index is 2540. The maximum Gasteiger partial charge on any atom is 0.144 e. The van der Waals surface area contributed by atoms with Crippen LogP contribution in [0.4, 0.5) is 17.1 Å². The largest absolute Gasteiger partial charge is 0.455 e. The Kier molecular flexibility index (Phi) is 6.80. The molecule has 48 heavy (non-hydrogen) atoms. The van der Waals surface area contributed by atoms with Crippen LogP contribution in [0.25, 0.3) is 66.2 Å². The summed E-state index contributed by atoms with van der Waals surface area (Å²) < 4.78 is 6.60. The van der Waals surface area contributed by atoms with Gasteiger partial charge in [-0.2, -0.15) is 0 Å². The third-order valence-corrected chi connectivity index (χ3v) is 9.14. The van der Waals surface area contributed by atoms with E-state index in [9.17, 15) is 0 Å². The summed E-state index contributed by atoms with van der Waals surface area (Å²) in [6, 6.07) is 62.1. The second-order valence-corrected chi connectivity index (χ2v) is 12.0. The van der Waals surface area contributed by atoms with Gasteiger partial charge in [-0.15, -0.1) is 0 Å². The lowest BCUT2D eigenvalue weighted by atomic mass is 9.99. The number of anilines is 3. The number of furan rings is 1. The summed E-state index contributed by atoms with van der Waals surface area (Å²) in [6.07, 6.45) is 1.82. The molecule has 0 unspecified atom stereocenters. The van der Waals surface area contributed by atoms with E-state index in [1.165, 1.54) is 22.3 Å². The van der Waals surface area contributed by atoms with Crippen LogP contribution >= 0.6 is 0 Å². The molecule has 0 spiro atoms. The highest BCUT2D eigenvalue weighted by Crippen LogP contribution is 2.43. The van der Waals surface area contributed by atoms with Crippen LogP contribution in [-0.2, 0) is 0 Å². The fraction of sp³-hybridized carbons (Fsp3) is 0. The van der Waals surface area contributed by atoms with Crippen LogP contribution in [0.1, 0.15) is 0 Å². The molecular formula is C45H30N2O. The summed E-state index contributed by atoms with van der Waals surface area (Å²) >= 11 is 0. The minimum absolute atomic E-state index is 0.844. The first-order chi connectivity index (χ1) is 23.8. The van der Waals surface area contributed by atoms with E-state index in [0.717, 1.165) is 61.0 Å². The zero-order valence-electron chi connectivity index (χ0n) is 26.1. The van der Waals surface area contributed by atoms with Gasteiger partial charge in [-0.25, -0.2) is 0 Å². The number of hydrogen-bond donors (Lipinski definition) is 0. The van der Waals surface area contributed by atoms with Crippen molar-refractivity contribution >= 4 is 49.9 Å². The highest BCUT2D eigenvalue weighted by Gasteiger charge is 2.19. The Hall–Kier alpha value is -6.45. The minimum Gasteiger partial charge on any atom is -0.455 e. The highest BCUT2D eigenvalue weighted by molar-refractivity contribution is 6.14. The first kappa shape index (κ1) is 27.8. The number of para-hydroxylation sites is 1. The Morgan fingerprint density at radius 1 is 0.417 bits per heavy atom. The molecule has 2 heterocycles. The summed E-state index contributed by atoms with van der Waals surface area (Å²) in [6.45, 7) is 0. The van der Waals surface area contributed by atoms with Gasteiger partial charge in [-0.3, -0.25) is 4.98 Å². The molecule has 226 valence electrons. The Morgan fingerprint density at radius 2 is 1.00 bits per heavy atom. The van der Waals surface area contributed by atoms with Crippen molar-refractivity contribution in [3.63, 3.8) is 0 Å². The molecule has 0 N–H and O–H groups in total. The topological polar surface area (TPSA) is 29.3 Å². The second kappa shape index (κ2) is 11.7. The number of hydrogen-bond acceptors (Lipinski definition) is 3. The summed E-state index contributed by atoms with van der Waals surface area (Å²) in [5.74, 6) is 0. The maximum absolute atomic E-state index is 6.60. The third kappa shape index (κ3) is 4.90. The monoisotopic (exact) mass is 614 g/mol. The summed E-state index contributed by atoms with van der Waals surface area (Å²) in [4.78, 5) is 6.87. The molecule has 0 bridgehead atoms. The van der Waals surface area contributed by atoms with Gasteiger partial charge in [0.15, 0.2) is 0 Å². The maximum atomic E-state index is 6.60. The van der Waals surface area contributed by atoms with Crippen molar-refractivity contribution < 1.29 is 4.42 Å². The van der Waals surface area contributed by atoms with E-state index < -0.39 is 0 Å². The van der Waals surface area contributed by atoms with Crippen molar-refractivity contribution in [3.8, 4) is 33.4 Å². The summed E-state index contributed by atoms with van der Waals surface area (Å²) in [7, 11) is 0. The summed E-state index contributed by atoms with van der Waals surface area (Å²) in [5, 5.41) is 3.20. The molecule has 0 atom stereocenters. The fourth-order valence-electron chi connectivity index (χ4n) is 6.76. The molecule has 0 aliphatic carbocycles. The van der Waals surface area contributed by atoms with Gasteiger partial charge in [0.1, 0.15) is 11.2 Å². The number of aromatic nitrogens is 1. The molecule has 0 saturated heterocycles. The molecule has 9 rings (SSSR count). The van der Waals surface area contributed by atoms with Gasteiger partial charge in [-0.1, -0.05) is 115 Å². The molecular weight excluding hydrogens is 585 g/mol. The smallest absolute Gasteiger partial charge is 0.144 e. The van der Waals surface area contributed by atoms with E-state index in [1.54, 1.807) is 0 Å². The normalized spacial score (nSPS) is 11.3. The van der Waals surface area contributed by atoms with Gasteiger partial charge in [0.05, 0.1) is 11.2 Å². The lowest BCUT2D eigenvalue weighted by molar-refractivity contribution is 0.672. The van der Waals surface area contributed by atoms with Crippen LogP contribution in [0.2, 0.25) is 0 Å². The molecule has 0 amide bonds. The molecule has 3 nitrogen and oxygen atoms in total. The van der Waals surface area contributed by atoms with E-state index in [4.69, 9.17) is 4.42 Å². The Labute approximate surface area is 279 Å². The molecule has 7 aromatic carbocycles. The number of fused-ring (bicyclic) bond motifs is 5. The number of benzene rings is 7. The molecule has 0 aliphatic heterocycles. The number of pyridine rings is 1. The van der Waals surface area contributed by atoms with Crippen molar-refractivity contribution in [1.82, 2.24) is 4.98 Å². The molecule has 2 aromatic heterocycles. The average molecular weight is 615 g/mol. The van der Waals surface area contributed by atoms with Crippen LogP contribution in [0.15, 0.2) is 187 Å². The van der Waals surface area contributed by atoms with Crippen LogP contribution in [-0.4, -0.2) is 4.98 Å². The number of nitrogens with zero attached hydrogens (tertiary/aromatic N) is 2. The van der Waals surface area contributed by atoms with Gasteiger partial charge < -0.3 is 9.32 Å². The Balaban J connectivity index is 1.17. The summed E-state index contributed by atoms with van der Waals surface area (Å²) in [5.41, 5.74) is 12.9. The molecule has 9 aromatic rings. The van der Waals surface area contributed by atoms with Crippen molar-refractivity contribution in [2.75, 3.05) is 4.90 Å². The van der Waals surface area contributed by atoms with Crippen molar-refractivity contribution in [2.24, 2.45) is 0 Å². The van der Waals surface area contributed by atoms with E-state index in [1.807, 2.05) is 12.3 Å². The second-order valence-electron chi connectivity index (χ2n) is 12.0. The van der Waals surface area contributed by atoms with Gasteiger partial charge in [0.2, 0.25) is 0 Å². The number of rotatable bonds is 6. The molecule has 0 fully saturated rings. The zero-order chi connectivity index (χ0) is 31.9.